The first-order valence-electron chi connectivity index (χ1n) is 5.64. The van der Waals surface area contributed by atoms with Gasteiger partial charge in [0.2, 0.25) is 0 Å². The normalized spacial score (nSPS) is 10.2. The molecule has 5 nitrogen and oxygen atoms in total. The Bertz CT molecular complexity index is 583. The van der Waals surface area contributed by atoms with Crippen molar-refractivity contribution in [2.45, 2.75) is 6.61 Å². The molecular weight excluding hydrogens is 246 g/mol. The predicted molar refractivity (Wildman–Crippen MR) is 68.4 cm³/mol. The lowest BCUT2D eigenvalue weighted by Gasteiger charge is -2.07. The molecule has 0 unspecified atom stereocenters. The van der Waals surface area contributed by atoms with Crippen molar-refractivity contribution in [3.63, 3.8) is 0 Å². The zero-order chi connectivity index (χ0) is 13.7. The monoisotopic (exact) mass is 259 g/mol. The lowest BCUT2D eigenvalue weighted by Crippen LogP contribution is -1.99. The molecule has 0 saturated carbocycles. The Morgan fingerprint density at radius 1 is 1.26 bits per heavy atom. The largest absolute Gasteiger partial charge is 0.477 e. The van der Waals surface area contributed by atoms with E-state index in [4.69, 9.17) is 14.6 Å². The molecule has 0 fully saturated rings. The number of aromatic nitrogens is 1. The van der Waals surface area contributed by atoms with E-state index in [1.807, 2.05) is 18.2 Å². The van der Waals surface area contributed by atoms with Gasteiger partial charge in [-0.25, -0.2) is 9.78 Å². The zero-order valence-electron chi connectivity index (χ0n) is 10.4. The van der Waals surface area contributed by atoms with Gasteiger partial charge in [-0.3, -0.25) is 0 Å². The number of hydrogen-bond acceptors (Lipinski definition) is 4. The Morgan fingerprint density at radius 3 is 2.79 bits per heavy atom. The molecule has 0 atom stereocenters. The number of aromatic carboxylic acids is 1. The fraction of sp³-hybridized carbons (Fsp3) is 0.143. The Kier molecular flexibility index (Phi) is 4.10. The lowest BCUT2D eigenvalue weighted by molar-refractivity contribution is 0.0690. The molecule has 1 N–H and O–H groups in total. The van der Waals surface area contributed by atoms with E-state index in [2.05, 4.69) is 4.98 Å². The second kappa shape index (κ2) is 5.97. The number of rotatable bonds is 5. The number of carbonyl (C=O) groups is 1. The second-order valence-corrected chi connectivity index (χ2v) is 3.86. The number of carboxylic acids is 1. The summed E-state index contributed by atoms with van der Waals surface area (Å²) in [6.07, 6.45) is 1.40. The fourth-order valence-corrected chi connectivity index (χ4v) is 1.59. The average Bonchev–Trinajstić information content (AvgIpc) is 2.40. The molecule has 0 aliphatic carbocycles. The zero-order valence-corrected chi connectivity index (χ0v) is 10.4. The van der Waals surface area contributed by atoms with Crippen LogP contribution in [0.2, 0.25) is 0 Å². The number of benzene rings is 1. The maximum Gasteiger partial charge on any atom is 0.354 e. The molecule has 0 aliphatic rings. The molecule has 0 saturated heterocycles. The highest BCUT2D eigenvalue weighted by Crippen LogP contribution is 2.22. The van der Waals surface area contributed by atoms with Crippen molar-refractivity contribution in [3.8, 4) is 11.5 Å². The van der Waals surface area contributed by atoms with Crippen molar-refractivity contribution in [1.29, 1.82) is 0 Å². The standard InChI is InChI=1S/C14H13NO4/c1-18-9-10-3-2-4-11(7-10)19-12-5-6-15-13(8-12)14(16)17/h2-8H,9H2,1H3,(H,16,17). The summed E-state index contributed by atoms with van der Waals surface area (Å²) in [5, 5.41) is 8.85. The summed E-state index contributed by atoms with van der Waals surface area (Å²) >= 11 is 0. The summed E-state index contributed by atoms with van der Waals surface area (Å²) in [6.45, 7) is 0.494. The number of carboxylic acid groups (broad SMARTS) is 1. The van der Waals surface area contributed by atoms with Gasteiger partial charge in [0.25, 0.3) is 0 Å². The first kappa shape index (κ1) is 13.0. The van der Waals surface area contributed by atoms with E-state index >= 15 is 0 Å². The maximum absolute atomic E-state index is 10.8. The van der Waals surface area contributed by atoms with Crippen LogP contribution in [0.15, 0.2) is 42.6 Å². The van der Waals surface area contributed by atoms with Crippen LogP contribution in [-0.2, 0) is 11.3 Å². The lowest BCUT2D eigenvalue weighted by atomic mass is 10.2. The van der Waals surface area contributed by atoms with E-state index in [-0.39, 0.29) is 5.69 Å². The van der Waals surface area contributed by atoms with Crippen molar-refractivity contribution in [1.82, 2.24) is 4.98 Å². The van der Waals surface area contributed by atoms with Crippen LogP contribution < -0.4 is 4.74 Å². The van der Waals surface area contributed by atoms with Gasteiger partial charge in [-0.05, 0) is 23.8 Å². The van der Waals surface area contributed by atoms with Crippen LogP contribution in [-0.4, -0.2) is 23.2 Å². The molecular formula is C14H13NO4. The van der Waals surface area contributed by atoms with E-state index in [9.17, 15) is 4.79 Å². The van der Waals surface area contributed by atoms with Gasteiger partial charge < -0.3 is 14.6 Å². The van der Waals surface area contributed by atoms with Crippen molar-refractivity contribution in [2.75, 3.05) is 7.11 Å². The van der Waals surface area contributed by atoms with Crippen molar-refractivity contribution >= 4 is 5.97 Å². The van der Waals surface area contributed by atoms with E-state index in [1.165, 1.54) is 12.3 Å². The van der Waals surface area contributed by atoms with Crippen LogP contribution in [0.1, 0.15) is 16.1 Å². The van der Waals surface area contributed by atoms with Crippen LogP contribution in [0.5, 0.6) is 11.5 Å². The van der Waals surface area contributed by atoms with Crippen LogP contribution >= 0.6 is 0 Å². The van der Waals surface area contributed by atoms with Crippen LogP contribution in [0.4, 0.5) is 0 Å². The smallest absolute Gasteiger partial charge is 0.354 e. The molecule has 0 radical (unpaired) electrons. The minimum Gasteiger partial charge on any atom is -0.477 e. The van der Waals surface area contributed by atoms with Gasteiger partial charge in [0, 0.05) is 19.4 Å². The third-order valence-corrected chi connectivity index (χ3v) is 2.40. The molecule has 1 heterocycles. The number of nitrogens with zero attached hydrogens (tertiary/aromatic N) is 1. The number of ether oxygens (including phenoxy) is 2. The summed E-state index contributed by atoms with van der Waals surface area (Å²) < 4.78 is 10.6. The highest BCUT2D eigenvalue weighted by atomic mass is 16.5. The van der Waals surface area contributed by atoms with Crippen LogP contribution in [0.25, 0.3) is 0 Å². The first-order valence-corrected chi connectivity index (χ1v) is 5.64. The van der Waals surface area contributed by atoms with Crippen molar-refractivity contribution < 1.29 is 19.4 Å². The maximum atomic E-state index is 10.8. The minimum absolute atomic E-state index is 0.0504. The molecule has 0 spiro atoms. The Morgan fingerprint density at radius 2 is 2.05 bits per heavy atom. The second-order valence-electron chi connectivity index (χ2n) is 3.86. The summed E-state index contributed by atoms with van der Waals surface area (Å²) in [5.74, 6) is -0.0300. The molecule has 0 amide bonds. The molecule has 0 aliphatic heterocycles. The molecule has 98 valence electrons. The fourth-order valence-electron chi connectivity index (χ4n) is 1.59. The van der Waals surface area contributed by atoms with Crippen LogP contribution in [0.3, 0.4) is 0 Å². The molecule has 1 aromatic carbocycles. The first-order chi connectivity index (χ1) is 9.19. The third-order valence-electron chi connectivity index (χ3n) is 2.40. The topological polar surface area (TPSA) is 68.7 Å². The quantitative estimate of drug-likeness (QED) is 0.894. The SMILES string of the molecule is COCc1cccc(Oc2ccnc(C(=O)O)c2)c1. The summed E-state index contributed by atoms with van der Waals surface area (Å²) in [5.41, 5.74) is 0.929. The van der Waals surface area contributed by atoms with Gasteiger partial charge in [0.15, 0.2) is 5.69 Å². The van der Waals surface area contributed by atoms with Gasteiger partial charge in [0.1, 0.15) is 11.5 Å². The summed E-state index contributed by atoms with van der Waals surface area (Å²) in [4.78, 5) is 14.5. The van der Waals surface area contributed by atoms with Crippen molar-refractivity contribution in [2.24, 2.45) is 0 Å². The van der Waals surface area contributed by atoms with E-state index in [1.54, 1.807) is 19.2 Å². The third kappa shape index (κ3) is 3.53. The van der Waals surface area contributed by atoms with E-state index < -0.39 is 5.97 Å². The molecule has 19 heavy (non-hydrogen) atoms. The Hall–Kier alpha value is -2.40. The van der Waals surface area contributed by atoms with Crippen molar-refractivity contribution in [3.05, 3.63) is 53.9 Å². The van der Waals surface area contributed by atoms with Gasteiger partial charge in [-0.2, -0.15) is 0 Å². The van der Waals surface area contributed by atoms with Gasteiger partial charge >= 0.3 is 5.97 Å². The van der Waals surface area contributed by atoms with Gasteiger partial charge in [0.05, 0.1) is 6.61 Å². The number of pyridine rings is 1. The predicted octanol–water partition coefficient (Wildman–Crippen LogP) is 2.72. The van der Waals surface area contributed by atoms with Crippen LogP contribution in [0, 0.1) is 0 Å². The highest BCUT2D eigenvalue weighted by Gasteiger charge is 2.06. The Labute approximate surface area is 110 Å². The summed E-state index contributed by atoms with van der Waals surface area (Å²) in [6, 6.07) is 10.4. The number of hydrogen-bond donors (Lipinski definition) is 1. The van der Waals surface area contributed by atoms with E-state index in [0.29, 0.717) is 18.1 Å². The average molecular weight is 259 g/mol. The minimum atomic E-state index is -1.08. The molecule has 2 rings (SSSR count). The van der Waals surface area contributed by atoms with Gasteiger partial charge in [-0.15, -0.1) is 0 Å². The summed E-state index contributed by atoms with van der Waals surface area (Å²) in [7, 11) is 1.62. The molecule has 1 aromatic heterocycles. The molecule has 5 heteroatoms. The highest BCUT2D eigenvalue weighted by molar-refractivity contribution is 5.85. The number of methoxy groups -OCH3 is 1. The molecule has 0 bridgehead atoms. The molecule has 2 aromatic rings. The van der Waals surface area contributed by atoms with E-state index in [0.717, 1.165) is 5.56 Å². The Balaban J connectivity index is 2.18. The van der Waals surface area contributed by atoms with Gasteiger partial charge in [-0.1, -0.05) is 12.1 Å².